The highest BCUT2D eigenvalue weighted by Crippen LogP contribution is 2.31. The molecule has 0 saturated heterocycles. The Balaban J connectivity index is 2.02. The summed E-state index contributed by atoms with van der Waals surface area (Å²) >= 11 is 7.06. The number of aliphatic carboxylic acids is 1. The van der Waals surface area contributed by atoms with Crippen LogP contribution in [-0.2, 0) is 20.9 Å². The van der Waals surface area contributed by atoms with E-state index in [0.717, 1.165) is 22.3 Å². The second-order valence-corrected chi connectivity index (χ2v) is 8.18. The fourth-order valence-corrected chi connectivity index (χ4v) is 3.77. The number of carbonyl (C=O) groups is 3. The number of nitrogens with one attached hydrogen (secondary N) is 3. The Morgan fingerprint density at radius 1 is 1.21 bits per heavy atom. The van der Waals surface area contributed by atoms with Crippen molar-refractivity contribution < 1.29 is 24.2 Å². The highest BCUT2D eigenvalue weighted by Gasteiger charge is 2.27. The lowest BCUT2D eigenvalue weighted by Gasteiger charge is -2.21. The number of carboxylic acid groups (broad SMARTS) is 1. The van der Waals surface area contributed by atoms with Crippen LogP contribution in [0, 0.1) is 17.9 Å². The molecule has 0 bridgehead atoms. The van der Waals surface area contributed by atoms with Gasteiger partial charge >= 0.3 is 12.1 Å². The smallest absolute Gasteiger partial charge is 0.408 e. The van der Waals surface area contributed by atoms with Crippen LogP contribution >= 0.6 is 23.4 Å². The van der Waals surface area contributed by atoms with Gasteiger partial charge in [-0.2, -0.15) is 5.53 Å². The Labute approximate surface area is 199 Å². The molecule has 1 unspecified atom stereocenters. The number of amides is 1. The zero-order chi connectivity index (χ0) is 24.4. The number of ether oxygens (including phenoxy) is 1. The van der Waals surface area contributed by atoms with Gasteiger partial charge in [0.05, 0.1) is 11.4 Å². The Bertz CT molecular complexity index is 1020. The molecule has 4 N–H and O–H groups in total. The van der Waals surface area contributed by atoms with Crippen molar-refractivity contribution in [2.75, 3.05) is 6.54 Å². The fourth-order valence-electron chi connectivity index (χ4n) is 2.63. The van der Waals surface area contributed by atoms with E-state index in [2.05, 4.69) is 10.5 Å². The summed E-state index contributed by atoms with van der Waals surface area (Å²) < 4.78 is 5.04. The molecule has 1 amide bonds. The highest BCUT2D eigenvalue weighted by molar-refractivity contribution is 8.13. The summed E-state index contributed by atoms with van der Waals surface area (Å²) in [6, 6.07) is 12.6. The van der Waals surface area contributed by atoms with Gasteiger partial charge in [-0.15, -0.1) is 0 Å². The topological polar surface area (TPSA) is 156 Å². The number of hydrogen-bond acceptors (Lipinski definition) is 8. The van der Waals surface area contributed by atoms with E-state index < -0.39 is 36.9 Å². The van der Waals surface area contributed by atoms with Crippen molar-refractivity contribution >= 4 is 46.4 Å². The number of carboxylic acids is 1. The quantitative estimate of drug-likeness (QED) is 0.127. The van der Waals surface area contributed by atoms with Crippen LogP contribution in [0.25, 0.3) is 0 Å². The predicted molar refractivity (Wildman–Crippen MR) is 122 cm³/mol. The number of aryl methyl sites for hydroxylation is 1. The number of thioether (sulfide) groups is 1. The van der Waals surface area contributed by atoms with Crippen LogP contribution in [0.3, 0.4) is 0 Å². The van der Waals surface area contributed by atoms with Crippen molar-refractivity contribution in [2.45, 2.75) is 30.9 Å². The first-order valence-electron chi connectivity index (χ1n) is 9.59. The Morgan fingerprint density at radius 2 is 1.91 bits per heavy atom. The second kappa shape index (κ2) is 12.6. The molecule has 10 nitrogen and oxygen atoms in total. The normalized spacial score (nSPS) is 11.2. The number of ketones is 1. The number of amidine groups is 1. The molecule has 0 radical (unpaired) electrons. The molecule has 33 heavy (non-hydrogen) atoms. The van der Waals surface area contributed by atoms with Gasteiger partial charge in [-0.25, -0.2) is 9.80 Å². The number of carbonyl (C=O) groups excluding carboxylic acids is 2. The van der Waals surface area contributed by atoms with Gasteiger partial charge in [-0.3, -0.25) is 15.0 Å². The van der Waals surface area contributed by atoms with Crippen LogP contribution < -0.4 is 5.32 Å². The summed E-state index contributed by atoms with van der Waals surface area (Å²) in [7, 11) is 0. The van der Waals surface area contributed by atoms with Crippen LogP contribution in [0.4, 0.5) is 4.79 Å². The van der Waals surface area contributed by atoms with Crippen molar-refractivity contribution in [3.63, 3.8) is 0 Å². The summed E-state index contributed by atoms with van der Waals surface area (Å²) in [5.41, 5.74) is 8.83. The second-order valence-electron chi connectivity index (χ2n) is 6.77. The van der Waals surface area contributed by atoms with Gasteiger partial charge in [0.15, 0.2) is 11.0 Å². The van der Waals surface area contributed by atoms with E-state index in [9.17, 15) is 14.4 Å². The van der Waals surface area contributed by atoms with Crippen molar-refractivity contribution in [1.82, 2.24) is 10.3 Å². The van der Waals surface area contributed by atoms with Gasteiger partial charge in [0.2, 0.25) is 0 Å². The molecule has 0 spiro atoms. The maximum atomic E-state index is 12.7. The van der Waals surface area contributed by atoms with Crippen LogP contribution in [0.2, 0.25) is 5.02 Å². The molecule has 2 rings (SSSR count). The van der Waals surface area contributed by atoms with E-state index in [1.54, 1.807) is 55.5 Å². The van der Waals surface area contributed by atoms with E-state index >= 15 is 0 Å². The molecule has 0 fully saturated rings. The summed E-state index contributed by atoms with van der Waals surface area (Å²) in [6.07, 6.45) is -1.67. The third-order valence-electron chi connectivity index (χ3n) is 4.30. The maximum Gasteiger partial charge on any atom is 0.408 e. The van der Waals surface area contributed by atoms with Gasteiger partial charge in [0.1, 0.15) is 19.2 Å². The van der Waals surface area contributed by atoms with Gasteiger partial charge in [0, 0.05) is 4.90 Å². The van der Waals surface area contributed by atoms with Gasteiger partial charge in [-0.1, -0.05) is 59.3 Å². The first kappa shape index (κ1) is 25.8. The first-order valence-corrected chi connectivity index (χ1v) is 10.8. The highest BCUT2D eigenvalue weighted by atomic mass is 35.5. The number of nitrogens with zero attached hydrogens (tertiary/aromatic N) is 2. The first-order chi connectivity index (χ1) is 15.7. The minimum atomic E-state index is -1.44. The number of halogens is 1. The third-order valence-corrected chi connectivity index (χ3v) is 5.87. The van der Waals surface area contributed by atoms with E-state index in [-0.39, 0.29) is 11.8 Å². The summed E-state index contributed by atoms with van der Waals surface area (Å²) in [5.74, 6) is -2.08. The number of Topliss-reactive ketones (excluding diaryl/α,β-unsaturated/α-hetero) is 1. The van der Waals surface area contributed by atoms with Crippen LogP contribution in [0.5, 0.6) is 0 Å². The minimum absolute atomic E-state index is 0.0622. The molecule has 12 heteroatoms. The number of alkyl carbamates (subject to hydrolysis) is 1. The maximum absolute atomic E-state index is 12.7. The summed E-state index contributed by atoms with van der Waals surface area (Å²) in [6.45, 7) is 1.13. The van der Waals surface area contributed by atoms with Gasteiger partial charge < -0.3 is 15.2 Å². The third kappa shape index (κ3) is 8.20. The zero-order valence-electron chi connectivity index (χ0n) is 17.6. The molecule has 0 heterocycles. The lowest BCUT2D eigenvalue weighted by molar-refractivity contribution is -0.139. The molecule has 2 aromatic carbocycles. The standard InChI is InChI=1S/C21H22ClN5O5S/c1-13-6-5-9-15(22)19(13)33-20(23)27(26-24)11-17(28)16(10-18(29)30)25-21(31)32-12-14-7-3-2-4-8-14/h2-9,16,23-24H,10-12H2,1H3,(H,25,31)(H,29,30). The van der Waals surface area contributed by atoms with Crippen molar-refractivity contribution in [2.24, 2.45) is 5.22 Å². The molecule has 0 saturated carbocycles. The molecular formula is C21H22ClN5O5S. The summed E-state index contributed by atoms with van der Waals surface area (Å²) in [5, 5.41) is 23.6. The zero-order valence-corrected chi connectivity index (χ0v) is 19.2. The molecule has 174 valence electrons. The molecule has 2 aromatic rings. The lowest BCUT2D eigenvalue weighted by Crippen LogP contribution is -2.46. The molecular weight excluding hydrogens is 470 g/mol. The number of benzene rings is 2. The molecule has 0 aliphatic heterocycles. The van der Waals surface area contributed by atoms with Crippen molar-refractivity contribution in [1.29, 1.82) is 10.9 Å². The van der Waals surface area contributed by atoms with E-state index in [1.807, 2.05) is 0 Å². The molecule has 0 aliphatic rings. The minimum Gasteiger partial charge on any atom is -0.481 e. The van der Waals surface area contributed by atoms with Crippen LogP contribution in [0.15, 0.2) is 58.6 Å². The fraction of sp³-hybridized carbons (Fsp3) is 0.238. The number of hydrogen-bond donors (Lipinski definition) is 4. The molecule has 1 atom stereocenters. The van der Waals surface area contributed by atoms with E-state index in [4.69, 9.17) is 32.4 Å². The van der Waals surface area contributed by atoms with Crippen molar-refractivity contribution in [3.05, 3.63) is 64.7 Å². The lowest BCUT2D eigenvalue weighted by atomic mass is 10.1. The van der Waals surface area contributed by atoms with E-state index in [0.29, 0.717) is 15.5 Å². The largest absolute Gasteiger partial charge is 0.481 e. The summed E-state index contributed by atoms with van der Waals surface area (Å²) in [4.78, 5) is 36.6. The average Bonchev–Trinajstić information content (AvgIpc) is 2.78. The average molecular weight is 492 g/mol. The predicted octanol–water partition coefficient (Wildman–Crippen LogP) is 4.26. The monoisotopic (exact) mass is 491 g/mol. The Morgan fingerprint density at radius 3 is 2.52 bits per heavy atom. The Hall–Kier alpha value is -3.44. The van der Waals surface area contributed by atoms with Crippen LogP contribution in [-0.4, -0.2) is 45.7 Å². The molecule has 0 aliphatic carbocycles. The van der Waals surface area contributed by atoms with Crippen molar-refractivity contribution in [3.8, 4) is 0 Å². The van der Waals surface area contributed by atoms with Gasteiger partial charge in [0.25, 0.3) is 0 Å². The Kier molecular flexibility index (Phi) is 9.83. The van der Waals surface area contributed by atoms with Crippen LogP contribution in [0.1, 0.15) is 17.5 Å². The van der Waals surface area contributed by atoms with Gasteiger partial charge in [-0.05, 0) is 35.9 Å². The SMILES string of the molecule is Cc1cccc(Cl)c1SC(=N)N(CC(=O)C(CC(=O)O)NC(=O)OCc1ccccc1)N=N. The molecule has 0 aromatic heterocycles. The number of rotatable bonds is 10. The van der Waals surface area contributed by atoms with E-state index in [1.165, 1.54) is 0 Å².